The number of nitrogens with zero attached hydrogens (tertiary/aromatic N) is 3. The van der Waals surface area contributed by atoms with Crippen molar-refractivity contribution in [1.29, 1.82) is 10.7 Å². The predicted molar refractivity (Wildman–Crippen MR) is 259 cm³/mol. The molecule has 1 unspecified atom stereocenters. The van der Waals surface area contributed by atoms with Crippen molar-refractivity contribution < 1.29 is 4.42 Å². The van der Waals surface area contributed by atoms with Crippen LogP contribution in [0.1, 0.15) is 79.2 Å². The van der Waals surface area contributed by atoms with Gasteiger partial charge in [0, 0.05) is 33.5 Å². The third kappa shape index (κ3) is 7.02. The molecule has 11 rings (SSSR count). The molecule has 1 atom stereocenters. The van der Waals surface area contributed by atoms with E-state index in [9.17, 15) is 5.26 Å². The number of furan rings is 1. The Balaban J connectivity index is 0.908. The van der Waals surface area contributed by atoms with Crippen molar-refractivity contribution in [3.63, 3.8) is 0 Å². The van der Waals surface area contributed by atoms with Gasteiger partial charge < -0.3 is 4.42 Å². The first-order chi connectivity index (χ1) is 31.0. The summed E-state index contributed by atoms with van der Waals surface area (Å²) in [5.74, 6) is 0.663. The minimum Gasteiger partial charge on any atom is -0.456 e. The number of nitrogens with one attached hydrogen (secondary N) is 1. The lowest BCUT2D eigenvalue weighted by Crippen LogP contribution is -2.30. The predicted octanol–water partition coefficient (Wildman–Crippen LogP) is 14.8. The molecule has 1 saturated carbocycles. The lowest BCUT2D eigenvalue weighted by atomic mass is 9.65. The van der Waals surface area contributed by atoms with Crippen LogP contribution in [0.25, 0.3) is 60.9 Å². The van der Waals surface area contributed by atoms with Gasteiger partial charge in [-0.3, -0.25) is 5.41 Å². The van der Waals surface area contributed by atoms with E-state index in [0.29, 0.717) is 11.4 Å². The topological polar surface area (TPSA) is 85.5 Å². The SMILES string of the molecule is N#CC1CCC2=C(C1)c1c(-c3cccc(-c4ccc(C=NC(=NC(=N)c5ccc(-c6ccccc6)cc5)c5ccc6oc7ccccc7c6c5)cc4)c3)cccc1C21CCCCC1. The van der Waals surface area contributed by atoms with Gasteiger partial charge in [0.1, 0.15) is 11.2 Å². The first kappa shape index (κ1) is 38.5. The fourth-order valence-corrected chi connectivity index (χ4v) is 10.7. The molecule has 1 aromatic heterocycles. The summed E-state index contributed by atoms with van der Waals surface area (Å²) in [6.45, 7) is 0. The summed E-state index contributed by atoms with van der Waals surface area (Å²) >= 11 is 0. The van der Waals surface area contributed by atoms with Crippen molar-refractivity contribution in [3.8, 4) is 39.4 Å². The van der Waals surface area contributed by atoms with Gasteiger partial charge in [0.05, 0.1) is 12.0 Å². The van der Waals surface area contributed by atoms with E-state index in [1.807, 2.05) is 79.0 Å². The highest BCUT2D eigenvalue weighted by Crippen LogP contribution is 2.60. The van der Waals surface area contributed by atoms with E-state index in [1.165, 1.54) is 59.9 Å². The number of hydrogen-bond donors (Lipinski definition) is 1. The molecule has 5 nitrogen and oxygen atoms in total. The van der Waals surface area contributed by atoms with Crippen LogP contribution < -0.4 is 0 Å². The van der Waals surface area contributed by atoms with Gasteiger partial charge in [-0.2, -0.15) is 5.26 Å². The van der Waals surface area contributed by atoms with Gasteiger partial charge in [-0.25, -0.2) is 9.98 Å². The fraction of sp³-hybridized carbons (Fsp3) is 0.172. The van der Waals surface area contributed by atoms with E-state index >= 15 is 0 Å². The Hall–Kier alpha value is -7.42. The first-order valence-electron chi connectivity index (χ1n) is 22.3. The normalized spacial score (nSPS) is 17.0. The van der Waals surface area contributed by atoms with Crippen LogP contribution in [0.3, 0.4) is 0 Å². The van der Waals surface area contributed by atoms with Crippen LogP contribution in [0.5, 0.6) is 0 Å². The van der Waals surface area contributed by atoms with Gasteiger partial charge in [-0.1, -0.05) is 158 Å². The molecule has 1 N–H and O–H groups in total. The Morgan fingerprint density at radius 2 is 1.33 bits per heavy atom. The molecule has 3 aliphatic rings. The highest BCUT2D eigenvalue weighted by Gasteiger charge is 2.47. The molecule has 8 aromatic rings. The third-order valence-corrected chi connectivity index (χ3v) is 13.8. The molecular formula is C58H46N4O. The quantitative estimate of drug-likeness (QED) is 0.134. The van der Waals surface area contributed by atoms with Gasteiger partial charge in [0.15, 0.2) is 11.7 Å². The van der Waals surface area contributed by atoms with E-state index in [4.69, 9.17) is 19.8 Å². The Morgan fingerprint density at radius 1 is 0.651 bits per heavy atom. The van der Waals surface area contributed by atoms with Crippen molar-refractivity contribution in [2.45, 2.75) is 56.8 Å². The molecule has 0 radical (unpaired) electrons. The van der Waals surface area contributed by atoms with Gasteiger partial charge in [-0.15, -0.1) is 0 Å². The molecule has 1 heterocycles. The summed E-state index contributed by atoms with van der Waals surface area (Å²) in [5, 5.41) is 21.1. The number of fused-ring (bicyclic) bond motifs is 7. The van der Waals surface area contributed by atoms with E-state index in [1.54, 1.807) is 5.57 Å². The minimum atomic E-state index is 0.0874. The summed E-state index contributed by atoms with van der Waals surface area (Å²) < 4.78 is 6.13. The second kappa shape index (κ2) is 16.1. The van der Waals surface area contributed by atoms with Crippen LogP contribution in [0, 0.1) is 22.7 Å². The molecule has 7 aromatic carbocycles. The first-order valence-corrected chi connectivity index (χ1v) is 22.3. The smallest absolute Gasteiger partial charge is 0.161 e. The van der Waals surface area contributed by atoms with Crippen molar-refractivity contribution in [2.75, 3.05) is 0 Å². The zero-order chi connectivity index (χ0) is 42.3. The van der Waals surface area contributed by atoms with Crippen molar-refractivity contribution in [3.05, 3.63) is 197 Å². The van der Waals surface area contributed by atoms with E-state index in [0.717, 1.165) is 74.6 Å². The Labute approximate surface area is 368 Å². The van der Waals surface area contributed by atoms with Crippen LogP contribution in [0.2, 0.25) is 0 Å². The average molecular weight is 815 g/mol. The molecule has 1 spiro atoms. The van der Waals surface area contributed by atoms with Gasteiger partial charge >= 0.3 is 0 Å². The lowest BCUT2D eigenvalue weighted by Gasteiger charge is -2.39. The Morgan fingerprint density at radius 3 is 2.16 bits per heavy atom. The van der Waals surface area contributed by atoms with Gasteiger partial charge in [0.2, 0.25) is 0 Å². The third-order valence-electron chi connectivity index (χ3n) is 13.8. The number of amidine groups is 2. The van der Waals surface area contributed by atoms with Crippen LogP contribution in [0.4, 0.5) is 0 Å². The maximum atomic E-state index is 10.0. The number of benzene rings is 7. The molecule has 1 fully saturated rings. The standard InChI is InChI=1S/C58H46N4O/c59-36-39-21-29-51-50(33-39)55-47(16-10-17-52(55)58(51)31-7-2-8-32-58)45-14-9-13-44(34-45)42-22-19-38(20-23-42)37-61-57(46-28-30-54-49(35-46)48-15-5-6-18-53(48)63-54)62-56(60)43-26-24-41(25-27-43)40-11-3-1-4-12-40/h1,3-6,9-20,22-28,30,34-35,37,39,60H,2,7-8,21,29,31-33H2. The molecule has 0 amide bonds. The van der Waals surface area contributed by atoms with Gasteiger partial charge in [-0.05, 0) is 118 Å². The zero-order valence-electron chi connectivity index (χ0n) is 35.1. The zero-order valence-corrected chi connectivity index (χ0v) is 35.1. The summed E-state index contributed by atoms with van der Waals surface area (Å²) in [6, 6.07) is 59.2. The van der Waals surface area contributed by atoms with Crippen molar-refractivity contribution in [1.82, 2.24) is 0 Å². The summed E-state index contributed by atoms with van der Waals surface area (Å²) in [4.78, 5) is 9.81. The number of allylic oxidation sites excluding steroid dienone is 2. The molecule has 0 saturated heterocycles. The largest absolute Gasteiger partial charge is 0.456 e. The van der Waals surface area contributed by atoms with Crippen LogP contribution >= 0.6 is 0 Å². The number of rotatable bonds is 6. The van der Waals surface area contributed by atoms with Crippen LogP contribution in [-0.4, -0.2) is 17.9 Å². The van der Waals surface area contributed by atoms with Crippen LogP contribution in [0.15, 0.2) is 184 Å². The van der Waals surface area contributed by atoms with Crippen molar-refractivity contribution in [2.24, 2.45) is 15.9 Å². The Bertz CT molecular complexity index is 3190. The number of para-hydroxylation sites is 1. The van der Waals surface area contributed by atoms with Gasteiger partial charge in [0.25, 0.3) is 0 Å². The maximum Gasteiger partial charge on any atom is 0.161 e. The molecule has 5 heteroatoms. The molecule has 0 bridgehead atoms. The molecular weight excluding hydrogens is 769 g/mol. The average Bonchev–Trinajstić information content (AvgIpc) is 3.85. The van der Waals surface area contributed by atoms with E-state index < -0.39 is 0 Å². The van der Waals surface area contributed by atoms with Crippen molar-refractivity contribution >= 4 is 45.4 Å². The summed E-state index contributed by atoms with van der Waals surface area (Å²) in [5.41, 5.74) is 17.2. The molecule has 63 heavy (non-hydrogen) atoms. The van der Waals surface area contributed by atoms with E-state index in [2.05, 4.69) is 97.1 Å². The highest BCUT2D eigenvalue weighted by molar-refractivity contribution is 6.16. The summed E-state index contributed by atoms with van der Waals surface area (Å²) in [6.07, 6.45) is 11.1. The summed E-state index contributed by atoms with van der Waals surface area (Å²) in [7, 11) is 0. The second-order valence-electron chi connectivity index (χ2n) is 17.4. The second-order valence-corrected chi connectivity index (χ2v) is 17.4. The molecule has 0 aliphatic heterocycles. The van der Waals surface area contributed by atoms with Crippen LogP contribution in [-0.2, 0) is 5.41 Å². The number of nitriles is 1. The Kier molecular flexibility index (Phi) is 9.85. The fourth-order valence-electron chi connectivity index (χ4n) is 10.7. The maximum absolute atomic E-state index is 10.0. The number of hydrogen-bond acceptors (Lipinski definition) is 3. The van der Waals surface area contributed by atoms with E-state index in [-0.39, 0.29) is 17.2 Å². The highest BCUT2D eigenvalue weighted by atomic mass is 16.3. The molecule has 304 valence electrons. The number of aliphatic imine (C=N–C) groups is 2. The molecule has 3 aliphatic carbocycles. The minimum absolute atomic E-state index is 0.0874. The lowest BCUT2D eigenvalue weighted by molar-refractivity contribution is 0.331. The monoisotopic (exact) mass is 814 g/mol.